The van der Waals surface area contributed by atoms with Gasteiger partial charge in [0.15, 0.2) is 0 Å². The van der Waals surface area contributed by atoms with Gasteiger partial charge < -0.3 is 5.32 Å². The van der Waals surface area contributed by atoms with Crippen LogP contribution in [0.4, 0.5) is 0 Å². The Labute approximate surface area is 104 Å². The van der Waals surface area contributed by atoms with E-state index < -0.39 is 0 Å². The molecule has 0 bridgehead atoms. The molecule has 0 unspecified atom stereocenters. The first-order chi connectivity index (χ1) is 8.01. The van der Waals surface area contributed by atoms with E-state index in [-0.39, 0.29) is 5.41 Å². The minimum Gasteiger partial charge on any atom is -0.312 e. The van der Waals surface area contributed by atoms with Crippen molar-refractivity contribution in [3.8, 4) is 0 Å². The predicted octanol–water partition coefficient (Wildman–Crippen LogP) is 2.58. The van der Waals surface area contributed by atoms with Crippen LogP contribution in [0.5, 0.6) is 0 Å². The monoisotopic (exact) mass is 233 g/mol. The third-order valence-corrected chi connectivity index (χ3v) is 3.49. The fourth-order valence-electron chi connectivity index (χ4n) is 1.86. The topological polar surface area (TPSA) is 37.8 Å². The van der Waals surface area contributed by atoms with Gasteiger partial charge in [-0.2, -0.15) is 0 Å². The molecule has 1 aliphatic rings. The molecule has 0 radical (unpaired) electrons. The zero-order valence-electron chi connectivity index (χ0n) is 11.4. The summed E-state index contributed by atoms with van der Waals surface area (Å²) in [5.74, 6) is 1.71. The van der Waals surface area contributed by atoms with Crippen LogP contribution in [0.25, 0.3) is 0 Å². The molecule has 1 heterocycles. The zero-order valence-corrected chi connectivity index (χ0v) is 11.4. The molecule has 3 nitrogen and oxygen atoms in total. The third kappa shape index (κ3) is 3.03. The number of hydrogen-bond donors (Lipinski definition) is 1. The molecule has 0 saturated heterocycles. The molecule has 0 aromatic carbocycles. The number of nitrogens with zero attached hydrogens (tertiary/aromatic N) is 2. The van der Waals surface area contributed by atoms with Crippen molar-refractivity contribution in [3.63, 3.8) is 0 Å². The van der Waals surface area contributed by atoms with Gasteiger partial charge in [0, 0.05) is 29.4 Å². The van der Waals surface area contributed by atoms with E-state index in [9.17, 15) is 0 Å². The Morgan fingerprint density at radius 1 is 1.41 bits per heavy atom. The van der Waals surface area contributed by atoms with Gasteiger partial charge in [-0.15, -0.1) is 0 Å². The molecule has 0 spiro atoms. The predicted molar refractivity (Wildman–Crippen MR) is 69.9 cm³/mol. The van der Waals surface area contributed by atoms with Crippen molar-refractivity contribution in [2.75, 3.05) is 6.54 Å². The summed E-state index contributed by atoms with van der Waals surface area (Å²) in [5, 5.41) is 3.44. The lowest BCUT2D eigenvalue weighted by atomic mass is 10.1. The van der Waals surface area contributed by atoms with Gasteiger partial charge in [-0.05, 0) is 32.2 Å². The Balaban J connectivity index is 1.99. The minimum atomic E-state index is 0.272. The molecule has 0 aliphatic heterocycles. The second kappa shape index (κ2) is 4.73. The van der Waals surface area contributed by atoms with Gasteiger partial charge in [0.1, 0.15) is 5.82 Å². The summed E-state index contributed by atoms with van der Waals surface area (Å²) < 4.78 is 0. The summed E-state index contributed by atoms with van der Waals surface area (Å²) in [5.41, 5.74) is 2.62. The van der Waals surface area contributed by atoms with Crippen molar-refractivity contribution in [2.45, 2.75) is 52.5 Å². The molecule has 1 aromatic heterocycles. The number of aromatic nitrogens is 2. The highest BCUT2D eigenvalue weighted by molar-refractivity contribution is 5.22. The van der Waals surface area contributed by atoms with Crippen LogP contribution in [0.3, 0.4) is 0 Å². The fourth-order valence-corrected chi connectivity index (χ4v) is 1.86. The summed E-state index contributed by atoms with van der Waals surface area (Å²) >= 11 is 0. The maximum Gasteiger partial charge on any atom is 0.134 e. The lowest BCUT2D eigenvalue weighted by Crippen LogP contribution is -2.20. The van der Waals surface area contributed by atoms with Crippen molar-refractivity contribution >= 4 is 0 Å². The van der Waals surface area contributed by atoms with Crippen LogP contribution in [0.1, 0.15) is 50.7 Å². The summed E-state index contributed by atoms with van der Waals surface area (Å²) in [6, 6.07) is 0. The molecule has 2 rings (SSSR count). The average Bonchev–Trinajstić information content (AvgIpc) is 3.00. The molecular weight excluding hydrogens is 210 g/mol. The smallest absolute Gasteiger partial charge is 0.134 e. The molecule has 0 amide bonds. The number of nitrogens with one attached hydrogen (secondary N) is 1. The summed E-state index contributed by atoms with van der Waals surface area (Å²) in [6.45, 7) is 10.7. The van der Waals surface area contributed by atoms with Gasteiger partial charge in [-0.25, -0.2) is 9.97 Å². The fraction of sp³-hybridized carbons (Fsp3) is 0.714. The van der Waals surface area contributed by atoms with Gasteiger partial charge in [-0.1, -0.05) is 20.8 Å². The second-order valence-corrected chi connectivity index (χ2v) is 5.89. The Morgan fingerprint density at radius 3 is 2.65 bits per heavy atom. The molecule has 17 heavy (non-hydrogen) atoms. The molecule has 1 aliphatic carbocycles. The zero-order chi connectivity index (χ0) is 12.5. The van der Waals surface area contributed by atoms with Crippen LogP contribution in [-0.4, -0.2) is 16.5 Å². The van der Waals surface area contributed by atoms with Crippen molar-refractivity contribution in [1.29, 1.82) is 0 Å². The van der Waals surface area contributed by atoms with E-state index in [1.54, 1.807) is 0 Å². The van der Waals surface area contributed by atoms with Crippen molar-refractivity contribution in [1.82, 2.24) is 15.3 Å². The number of aryl methyl sites for hydroxylation is 1. The van der Waals surface area contributed by atoms with E-state index in [4.69, 9.17) is 0 Å². The van der Waals surface area contributed by atoms with E-state index >= 15 is 0 Å². The van der Waals surface area contributed by atoms with Crippen LogP contribution in [-0.2, 0) is 12.0 Å². The lowest BCUT2D eigenvalue weighted by Gasteiger charge is -2.12. The standard InChI is InChI=1S/C14H23N3/c1-10(2)7-15-8-12-9-16-13(17-11(12)3)14(4)5-6-14/h9-10,15H,5-8H2,1-4H3. The molecular formula is C14H23N3. The SMILES string of the molecule is Cc1nc(C2(C)CC2)ncc1CNCC(C)C. The maximum absolute atomic E-state index is 4.65. The molecule has 1 saturated carbocycles. The number of rotatable bonds is 5. The largest absolute Gasteiger partial charge is 0.312 e. The first-order valence-corrected chi connectivity index (χ1v) is 6.55. The third-order valence-electron chi connectivity index (χ3n) is 3.49. The molecule has 1 aromatic rings. The molecule has 1 fully saturated rings. The highest BCUT2D eigenvalue weighted by Crippen LogP contribution is 2.45. The maximum atomic E-state index is 4.65. The summed E-state index contributed by atoms with van der Waals surface area (Å²) in [7, 11) is 0. The van der Waals surface area contributed by atoms with Crippen LogP contribution >= 0.6 is 0 Å². The quantitative estimate of drug-likeness (QED) is 0.849. The van der Waals surface area contributed by atoms with E-state index in [1.807, 2.05) is 6.20 Å². The van der Waals surface area contributed by atoms with Crippen LogP contribution < -0.4 is 5.32 Å². The van der Waals surface area contributed by atoms with Gasteiger partial charge in [0.25, 0.3) is 0 Å². The van der Waals surface area contributed by atoms with Crippen LogP contribution in [0.2, 0.25) is 0 Å². The van der Waals surface area contributed by atoms with Gasteiger partial charge in [0.2, 0.25) is 0 Å². The number of hydrogen-bond acceptors (Lipinski definition) is 3. The lowest BCUT2D eigenvalue weighted by molar-refractivity contribution is 0.549. The molecule has 1 N–H and O–H groups in total. The Kier molecular flexibility index (Phi) is 3.48. The van der Waals surface area contributed by atoms with E-state index in [1.165, 1.54) is 18.4 Å². The Hall–Kier alpha value is -0.960. The molecule has 0 atom stereocenters. The first kappa shape index (κ1) is 12.5. The van der Waals surface area contributed by atoms with Crippen molar-refractivity contribution in [3.05, 3.63) is 23.3 Å². The summed E-state index contributed by atoms with van der Waals surface area (Å²) in [6.07, 6.45) is 4.46. The highest BCUT2D eigenvalue weighted by atomic mass is 14.9. The second-order valence-electron chi connectivity index (χ2n) is 5.89. The Bertz CT molecular complexity index is 394. The van der Waals surface area contributed by atoms with E-state index in [0.717, 1.165) is 24.6 Å². The van der Waals surface area contributed by atoms with Crippen LogP contribution in [0, 0.1) is 12.8 Å². The van der Waals surface area contributed by atoms with E-state index in [2.05, 4.69) is 43.0 Å². The summed E-state index contributed by atoms with van der Waals surface area (Å²) in [4.78, 5) is 9.17. The molecule has 94 valence electrons. The highest BCUT2D eigenvalue weighted by Gasteiger charge is 2.42. The van der Waals surface area contributed by atoms with Crippen molar-refractivity contribution < 1.29 is 0 Å². The molecule has 3 heteroatoms. The van der Waals surface area contributed by atoms with Gasteiger partial charge >= 0.3 is 0 Å². The average molecular weight is 233 g/mol. The van der Waals surface area contributed by atoms with Gasteiger partial charge in [-0.3, -0.25) is 0 Å². The minimum absolute atomic E-state index is 0.272. The van der Waals surface area contributed by atoms with E-state index in [0.29, 0.717) is 5.92 Å². The van der Waals surface area contributed by atoms with Crippen molar-refractivity contribution in [2.24, 2.45) is 5.92 Å². The Morgan fingerprint density at radius 2 is 2.12 bits per heavy atom. The first-order valence-electron chi connectivity index (χ1n) is 6.55. The van der Waals surface area contributed by atoms with Crippen LogP contribution in [0.15, 0.2) is 6.20 Å². The van der Waals surface area contributed by atoms with Gasteiger partial charge in [0.05, 0.1) is 0 Å². The normalized spacial score (nSPS) is 17.5.